The van der Waals surface area contributed by atoms with Crippen molar-refractivity contribution in [1.29, 1.82) is 0 Å². The standard InChI is InChI=1S/C19H23N5O4S/c1-22-16-15(17(26)24(3)19(27)23(16)2)21-18(22)29-11-14(25)20-10-9-12-7-5-6-8-13(12)28-4/h5-8H,9-11H2,1-4H3,(H,20,25). The predicted molar refractivity (Wildman–Crippen MR) is 112 cm³/mol. The molecule has 0 spiro atoms. The van der Waals surface area contributed by atoms with E-state index < -0.39 is 11.2 Å². The maximum atomic E-state index is 12.3. The summed E-state index contributed by atoms with van der Waals surface area (Å²) in [5.41, 5.74) is 0.784. The van der Waals surface area contributed by atoms with E-state index in [9.17, 15) is 14.4 Å². The van der Waals surface area contributed by atoms with Gasteiger partial charge in [0.2, 0.25) is 5.91 Å². The van der Waals surface area contributed by atoms with Crippen LogP contribution in [0.2, 0.25) is 0 Å². The second-order valence-corrected chi connectivity index (χ2v) is 7.47. The Morgan fingerprint density at radius 1 is 1.14 bits per heavy atom. The van der Waals surface area contributed by atoms with Gasteiger partial charge in [0, 0.05) is 27.7 Å². The number of carbonyl (C=O) groups excluding carboxylic acids is 1. The molecule has 0 bridgehead atoms. The molecule has 154 valence electrons. The Morgan fingerprint density at radius 2 is 1.86 bits per heavy atom. The minimum absolute atomic E-state index is 0.140. The van der Waals surface area contributed by atoms with E-state index in [0.717, 1.165) is 15.9 Å². The van der Waals surface area contributed by atoms with Crippen LogP contribution in [-0.2, 0) is 32.4 Å². The largest absolute Gasteiger partial charge is 0.496 e. The van der Waals surface area contributed by atoms with Gasteiger partial charge in [-0.3, -0.25) is 18.7 Å². The Hall–Kier alpha value is -3.01. The van der Waals surface area contributed by atoms with Gasteiger partial charge in [-0.25, -0.2) is 9.78 Å². The molecule has 0 radical (unpaired) electrons. The summed E-state index contributed by atoms with van der Waals surface area (Å²) in [5, 5.41) is 3.37. The van der Waals surface area contributed by atoms with Crippen molar-refractivity contribution in [2.45, 2.75) is 11.6 Å². The Morgan fingerprint density at radius 3 is 2.59 bits per heavy atom. The van der Waals surface area contributed by atoms with Gasteiger partial charge in [-0.2, -0.15) is 0 Å². The van der Waals surface area contributed by atoms with Crippen molar-refractivity contribution in [1.82, 2.24) is 24.0 Å². The highest BCUT2D eigenvalue weighted by Crippen LogP contribution is 2.20. The zero-order valence-electron chi connectivity index (χ0n) is 16.8. The number of fused-ring (bicyclic) bond motifs is 1. The summed E-state index contributed by atoms with van der Waals surface area (Å²) in [4.78, 5) is 41.0. The van der Waals surface area contributed by atoms with E-state index in [4.69, 9.17) is 4.74 Å². The maximum Gasteiger partial charge on any atom is 0.332 e. The molecule has 1 N–H and O–H groups in total. The van der Waals surface area contributed by atoms with Gasteiger partial charge in [0.25, 0.3) is 5.56 Å². The average Bonchev–Trinajstić information content (AvgIpc) is 3.06. The third kappa shape index (κ3) is 4.07. The number of methoxy groups -OCH3 is 1. The molecule has 0 fully saturated rings. The van der Waals surface area contributed by atoms with E-state index >= 15 is 0 Å². The Bertz CT molecular complexity index is 1180. The minimum atomic E-state index is -0.452. The molecule has 29 heavy (non-hydrogen) atoms. The van der Waals surface area contributed by atoms with E-state index in [-0.39, 0.29) is 17.2 Å². The molecule has 10 heteroatoms. The highest BCUT2D eigenvalue weighted by atomic mass is 32.2. The first kappa shape index (κ1) is 20.7. The molecule has 3 aromatic rings. The van der Waals surface area contributed by atoms with E-state index in [1.165, 1.54) is 23.4 Å². The number of aromatic nitrogens is 4. The number of ether oxygens (including phenoxy) is 1. The van der Waals surface area contributed by atoms with Crippen molar-refractivity contribution in [2.24, 2.45) is 21.1 Å². The molecule has 0 saturated heterocycles. The van der Waals surface area contributed by atoms with Crippen LogP contribution in [0, 0.1) is 0 Å². The van der Waals surface area contributed by atoms with Gasteiger partial charge in [-0.1, -0.05) is 30.0 Å². The predicted octanol–water partition coefficient (Wildman–Crippen LogP) is 0.430. The quantitative estimate of drug-likeness (QED) is 0.560. The fraction of sp³-hybridized carbons (Fsp3) is 0.368. The number of hydrogen-bond donors (Lipinski definition) is 1. The summed E-state index contributed by atoms with van der Waals surface area (Å²) in [7, 11) is 6.34. The summed E-state index contributed by atoms with van der Waals surface area (Å²) < 4.78 is 9.36. The number of nitrogens with one attached hydrogen (secondary N) is 1. The molecule has 0 aliphatic heterocycles. The molecule has 0 saturated carbocycles. The van der Waals surface area contributed by atoms with Crippen LogP contribution in [0.3, 0.4) is 0 Å². The van der Waals surface area contributed by atoms with Crippen LogP contribution in [0.25, 0.3) is 11.2 Å². The number of aryl methyl sites for hydroxylation is 2. The Labute approximate surface area is 171 Å². The first-order valence-corrected chi connectivity index (χ1v) is 9.97. The summed E-state index contributed by atoms with van der Waals surface area (Å²) in [6.45, 7) is 0.483. The van der Waals surface area contributed by atoms with E-state index in [1.807, 2.05) is 24.3 Å². The number of rotatable bonds is 7. The van der Waals surface area contributed by atoms with Crippen molar-refractivity contribution < 1.29 is 9.53 Å². The van der Waals surface area contributed by atoms with E-state index in [1.54, 1.807) is 25.8 Å². The van der Waals surface area contributed by atoms with Crippen molar-refractivity contribution in [3.63, 3.8) is 0 Å². The van der Waals surface area contributed by atoms with E-state index in [2.05, 4.69) is 10.3 Å². The number of thioether (sulfide) groups is 1. The van der Waals surface area contributed by atoms with Crippen LogP contribution >= 0.6 is 11.8 Å². The molecule has 2 heterocycles. The molecule has 1 amide bonds. The van der Waals surface area contributed by atoms with Crippen LogP contribution in [-0.4, -0.2) is 44.0 Å². The molecular weight excluding hydrogens is 394 g/mol. The number of amides is 1. The van der Waals surface area contributed by atoms with Crippen molar-refractivity contribution in [2.75, 3.05) is 19.4 Å². The van der Waals surface area contributed by atoms with Gasteiger partial charge in [0.15, 0.2) is 16.3 Å². The monoisotopic (exact) mass is 417 g/mol. The molecular formula is C19H23N5O4S. The van der Waals surface area contributed by atoms with Crippen LogP contribution in [0.1, 0.15) is 5.56 Å². The van der Waals surface area contributed by atoms with Crippen molar-refractivity contribution >= 4 is 28.8 Å². The van der Waals surface area contributed by atoms with Crippen LogP contribution in [0.15, 0.2) is 39.0 Å². The van der Waals surface area contributed by atoms with Crippen molar-refractivity contribution in [3.8, 4) is 5.75 Å². The van der Waals surface area contributed by atoms with Gasteiger partial charge in [0.1, 0.15) is 5.75 Å². The van der Waals surface area contributed by atoms with Gasteiger partial charge in [-0.15, -0.1) is 0 Å². The number of nitrogens with zero attached hydrogens (tertiary/aromatic N) is 4. The number of hydrogen-bond acceptors (Lipinski definition) is 6. The molecule has 0 aliphatic rings. The van der Waals surface area contributed by atoms with Crippen LogP contribution in [0.4, 0.5) is 0 Å². The van der Waals surface area contributed by atoms with Crippen LogP contribution < -0.4 is 21.3 Å². The van der Waals surface area contributed by atoms with Gasteiger partial charge >= 0.3 is 5.69 Å². The molecule has 9 nitrogen and oxygen atoms in total. The summed E-state index contributed by atoms with van der Waals surface area (Å²) in [6, 6.07) is 7.68. The summed E-state index contributed by atoms with van der Waals surface area (Å²) in [6.07, 6.45) is 0.658. The smallest absolute Gasteiger partial charge is 0.332 e. The molecule has 3 rings (SSSR count). The van der Waals surface area contributed by atoms with Gasteiger partial charge in [0.05, 0.1) is 12.9 Å². The van der Waals surface area contributed by atoms with E-state index in [0.29, 0.717) is 23.8 Å². The minimum Gasteiger partial charge on any atom is -0.496 e. The van der Waals surface area contributed by atoms with Gasteiger partial charge in [-0.05, 0) is 18.1 Å². The number of carbonyl (C=O) groups is 1. The zero-order valence-corrected chi connectivity index (χ0v) is 17.6. The second-order valence-electron chi connectivity index (χ2n) is 6.53. The van der Waals surface area contributed by atoms with Crippen molar-refractivity contribution in [3.05, 3.63) is 50.7 Å². The molecule has 0 unspecified atom stereocenters. The molecule has 1 aromatic carbocycles. The second kappa shape index (κ2) is 8.56. The fourth-order valence-corrected chi connectivity index (χ4v) is 3.91. The highest BCUT2D eigenvalue weighted by molar-refractivity contribution is 7.99. The normalized spacial score (nSPS) is 11.0. The third-order valence-corrected chi connectivity index (χ3v) is 5.69. The topological polar surface area (TPSA) is 100 Å². The SMILES string of the molecule is COc1ccccc1CCNC(=O)CSc1nc2c(=O)n(C)c(=O)n(C)c2n1C. The highest BCUT2D eigenvalue weighted by Gasteiger charge is 2.17. The number of benzene rings is 1. The maximum absolute atomic E-state index is 12.3. The molecule has 0 atom stereocenters. The lowest BCUT2D eigenvalue weighted by atomic mass is 10.1. The van der Waals surface area contributed by atoms with Gasteiger partial charge < -0.3 is 14.6 Å². The Kier molecular flexibility index (Phi) is 6.12. The third-order valence-electron chi connectivity index (χ3n) is 4.66. The number of imidazole rings is 1. The lowest BCUT2D eigenvalue weighted by Gasteiger charge is -2.09. The Balaban J connectivity index is 1.65. The number of para-hydroxylation sites is 1. The lowest BCUT2D eigenvalue weighted by Crippen LogP contribution is -2.37. The fourth-order valence-electron chi connectivity index (χ4n) is 3.12. The summed E-state index contributed by atoms with van der Waals surface area (Å²) >= 11 is 1.22. The average molecular weight is 417 g/mol. The zero-order chi connectivity index (χ0) is 21.1. The molecule has 0 aliphatic carbocycles. The first-order valence-electron chi connectivity index (χ1n) is 8.99. The lowest BCUT2D eigenvalue weighted by molar-refractivity contribution is -0.118. The first-order chi connectivity index (χ1) is 13.8. The molecule has 2 aromatic heterocycles. The van der Waals surface area contributed by atoms with Crippen LogP contribution in [0.5, 0.6) is 5.75 Å². The summed E-state index contributed by atoms with van der Waals surface area (Å²) in [5.74, 6) is 0.805.